The molecule has 1 saturated heterocycles. The zero-order chi connectivity index (χ0) is 11.4. The molecular weight excluding hydrogens is 198 g/mol. The van der Waals surface area contributed by atoms with Gasteiger partial charge in [-0.3, -0.25) is 0 Å². The highest BCUT2D eigenvalue weighted by molar-refractivity contribution is 4.81. The zero-order valence-corrected chi connectivity index (χ0v) is 10.7. The van der Waals surface area contributed by atoms with Crippen molar-refractivity contribution in [2.24, 2.45) is 5.92 Å². The Morgan fingerprint density at radius 1 is 0.938 bits per heavy atom. The summed E-state index contributed by atoms with van der Waals surface area (Å²) in [6.07, 6.45) is 10.9. The van der Waals surface area contributed by atoms with Crippen molar-refractivity contribution < 1.29 is 5.11 Å². The molecule has 1 saturated carbocycles. The first kappa shape index (κ1) is 12.4. The van der Waals surface area contributed by atoms with Crippen LogP contribution in [0.15, 0.2) is 0 Å². The number of hydrogen-bond acceptors (Lipinski definition) is 2. The summed E-state index contributed by atoms with van der Waals surface area (Å²) in [5.74, 6) is 0.557. The molecule has 0 aromatic rings. The largest absolute Gasteiger partial charge is 0.393 e. The molecule has 1 N–H and O–H groups in total. The quantitative estimate of drug-likeness (QED) is 0.731. The third-order valence-corrected chi connectivity index (χ3v) is 4.60. The van der Waals surface area contributed by atoms with Crippen LogP contribution >= 0.6 is 0 Å². The number of hydrogen-bond donors (Lipinski definition) is 1. The van der Waals surface area contributed by atoms with Crippen molar-refractivity contribution in [3.63, 3.8) is 0 Å². The molecule has 1 aliphatic carbocycles. The minimum absolute atomic E-state index is 0.101. The third kappa shape index (κ3) is 3.21. The number of aliphatic hydroxyl groups excluding tert-OH is 1. The van der Waals surface area contributed by atoms with E-state index in [2.05, 4.69) is 4.90 Å². The number of nitrogens with zero attached hydrogens (tertiary/aromatic N) is 1. The van der Waals surface area contributed by atoms with Gasteiger partial charge in [-0.25, -0.2) is 0 Å². The lowest BCUT2D eigenvalue weighted by atomic mass is 9.90. The van der Waals surface area contributed by atoms with Gasteiger partial charge in [0.15, 0.2) is 0 Å². The third-order valence-electron chi connectivity index (χ3n) is 4.60. The van der Waals surface area contributed by atoms with E-state index in [0.717, 1.165) is 6.04 Å². The highest BCUT2D eigenvalue weighted by atomic mass is 16.3. The van der Waals surface area contributed by atoms with Gasteiger partial charge in [0.25, 0.3) is 0 Å². The fourth-order valence-electron chi connectivity index (χ4n) is 3.39. The van der Waals surface area contributed by atoms with Crippen LogP contribution < -0.4 is 0 Å². The van der Waals surface area contributed by atoms with Crippen LogP contribution in [0.5, 0.6) is 0 Å². The Bertz CT molecular complexity index is 189. The van der Waals surface area contributed by atoms with Crippen molar-refractivity contribution in [1.29, 1.82) is 0 Å². The van der Waals surface area contributed by atoms with Gasteiger partial charge in [-0.2, -0.15) is 0 Å². The van der Waals surface area contributed by atoms with E-state index in [9.17, 15) is 5.11 Å². The standard InChI is InChI=1S/C14H27NO/c1-12(16)13-8-10-15(11-9-13)14-6-4-2-3-5-7-14/h12-14,16H,2-11H2,1H3. The second kappa shape index (κ2) is 6.02. The SMILES string of the molecule is CC(O)C1CCN(C2CCCCCC2)CC1. The maximum atomic E-state index is 9.60. The molecule has 2 aliphatic rings. The number of aliphatic hydroxyl groups is 1. The Morgan fingerprint density at radius 3 is 2.00 bits per heavy atom. The van der Waals surface area contributed by atoms with Gasteiger partial charge in [0.1, 0.15) is 0 Å². The van der Waals surface area contributed by atoms with Gasteiger partial charge in [-0.15, -0.1) is 0 Å². The molecule has 0 amide bonds. The molecule has 2 rings (SSSR count). The first-order chi connectivity index (χ1) is 7.77. The summed E-state index contributed by atoms with van der Waals surface area (Å²) >= 11 is 0. The molecule has 1 heterocycles. The van der Waals surface area contributed by atoms with Gasteiger partial charge in [-0.05, 0) is 51.6 Å². The van der Waals surface area contributed by atoms with Gasteiger partial charge >= 0.3 is 0 Å². The first-order valence-corrected chi connectivity index (χ1v) is 7.19. The molecule has 0 radical (unpaired) electrons. The molecule has 2 heteroatoms. The monoisotopic (exact) mass is 225 g/mol. The van der Waals surface area contributed by atoms with Crippen molar-refractivity contribution in [1.82, 2.24) is 4.90 Å². The Labute approximate surface area is 100 Å². The normalized spacial score (nSPS) is 28.9. The van der Waals surface area contributed by atoms with Crippen LogP contribution in [0.4, 0.5) is 0 Å². The van der Waals surface area contributed by atoms with Crippen LogP contribution in [0.1, 0.15) is 58.3 Å². The Balaban J connectivity index is 1.78. The van der Waals surface area contributed by atoms with E-state index in [-0.39, 0.29) is 6.10 Å². The maximum Gasteiger partial charge on any atom is 0.0541 e. The molecule has 94 valence electrons. The lowest BCUT2D eigenvalue weighted by Crippen LogP contribution is -2.43. The van der Waals surface area contributed by atoms with Crippen molar-refractivity contribution in [2.45, 2.75) is 70.4 Å². The summed E-state index contributed by atoms with van der Waals surface area (Å²) in [6.45, 7) is 4.40. The predicted molar refractivity (Wildman–Crippen MR) is 67.5 cm³/mol. The Hall–Kier alpha value is -0.0800. The van der Waals surface area contributed by atoms with Crippen LogP contribution in [-0.4, -0.2) is 35.2 Å². The molecule has 1 unspecified atom stereocenters. The summed E-state index contributed by atoms with van der Waals surface area (Å²) in [6, 6.07) is 0.859. The van der Waals surface area contributed by atoms with Gasteiger partial charge in [-0.1, -0.05) is 25.7 Å². The van der Waals surface area contributed by atoms with E-state index in [1.807, 2.05) is 6.92 Å². The maximum absolute atomic E-state index is 9.60. The zero-order valence-electron chi connectivity index (χ0n) is 10.7. The van der Waals surface area contributed by atoms with Crippen molar-refractivity contribution in [3.8, 4) is 0 Å². The van der Waals surface area contributed by atoms with Crippen LogP contribution in [0.25, 0.3) is 0 Å². The number of likely N-dealkylation sites (tertiary alicyclic amines) is 1. The van der Waals surface area contributed by atoms with Crippen LogP contribution in [0.3, 0.4) is 0 Å². The molecule has 0 aromatic carbocycles. The first-order valence-electron chi connectivity index (χ1n) is 7.19. The second-order valence-electron chi connectivity index (χ2n) is 5.76. The lowest BCUT2D eigenvalue weighted by molar-refractivity contribution is 0.0525. The highest BCUT2D eigenvalue weighted by Gasteiger charge is 2.27. The van der Waals surface area contributed by atoms with Gasteiger partial charge in [0.05, 0.1) is 6.10 Å². The molecule has 1 aliphatic heterocycles. The van der Waals surface area contributed by atoms with E-state index in [0.29, 0.717) is 5.92 Å². The Morgan fingerprint density at radius 2 is 1.50 bits per heavy atom. The van der Waals surface area contributed by atoms with E-state index in [1.165, 1.54) is 64.5 Å². The molecular formula is C14H27NO. The van der Waals surface area contributed by atoms with Crippen molar-refractivity contribution in [2.75, 3.05) is 13.1 Å². The van der Waals surface area contributed by atoms with Gasteiger partial charge in [0.2, 0.25) is 0 Å². The van der Waals surface area contributed by atoms with Crippen molar-refractivity contribution in [3.05, 3.63) is 0 Å². The second-order valence-corrected chi connectivity index (χ2v) is 5.76. The number of piperidine rings is 1. The molecule has 2 fully saturated rings. The van der Waals surface area contributed by atoms with Gasteiger partial charge < -0.3 is 10.0 Å². The summed E-state index contributed by atoms with van der Waals surface area (Å²) in [7, 11) is 0. The average molecular weight is 225 g/mol. The molecule has 16 heavy (non-hydrogen) atoms. The van der Waals surface area contributed by atoms with E-state index in [1.54, 1.807) is 0 Å². The van der Waals surface area contributed by atoms with Gasteiger partial charge in [0, 0.05) is 6.04 Å². The molecule has 1 atom stereocenters. The van der Waals surface area contributed by atoms with E-state index in [4.69, 9.17) is 0 Å². The summed E-state index contributed by atoms with van der Waals surface area (Å²) in [5.41, 5.74) is 0. The highest BCUT2D eigenvalue weighted by Crippen LogP contribution is 2.27. The molecule has 2 nitrogen and oxygen atoms in total. The minimum atomic E-state index is -0.101. The number of rotatable bonds is 2. The topological polar surface area (TPSA) is 23.5 Å². The average Bonchev–Trinajstić information content (AvgIpc) is 2.57. The lowest BCUT2D eigenvalue weighted by Gasteiger charge is -2.38. The molecule has 0 spiro atoms. The minimum Gasteiger partial charge on any atom is -0.393 e. The van der Waals surface area contributed by atoms with Crippen LogP contribution in [0, 0.1) is 5.92 Å². The van der Waals surface area contributed by atoms with Crippen LogP contribution in [0.2, 0.25) is 0 Å². The fraction of sp³-hybridized carbons (Fsp3) is 1.00. The Kier molecular flexibility index (Phi) is 4.66. The molecule has 0 aromatic heterocycles. The molecule has 0 bridgehead atoms. The summed E-state index contributed by atoms with van der Waals surface area (Å²) < 4.78 is 0. The van der Waals surface area contributed by atoms with E-state index < -0.39 is 0 Å². The fourth-order valence-corrected chi connectivity index (χ4v) is 3.39. The summed E-state index contributed by atoms with van der Waals surface area (Å²) in [4.78, 5) is 2.70. The predicted octanol–water partition coefficient (Wildman–Crippen LogP) is 2.80. The van der Waals surface area contributed by atoms with Crippen LogP contribution in [-0.2, 0) is 0 Å². The van der Waals surface area contributed by atoms with Crippen molar-refractivity contribution >= 4 is 0 Å². The smallest absolute Gasteiger partial charge is 0.0541 e. The summed E-state index contributed by atoms with van der Waals surface area (Å²) in [5, 5.41) is 9.60. The van der Waals surface area contributed by atoms with E-state index >= 15 is 0 Å².